The number of benzene rings is 2. The van der Waals surface area contributed by atoms with E-state index in [4.69, 9.17) is 4.74 Å². The maximum absolute atomic E-state index is 13.8. The average molecular weight is 356 g/mol. The van der Waals surface area contributed by atoms with Gasteiger partial charge in [0.1, 0.15) is 0 Å². The largest absolute Gasteiger partial charge is 0.494 e. The highest BCUT2D eigenvalue weighted by Crippen LogP contribution is 2.22. The summed E-state index contributed by atoms with van der Waals surface area (Å²) >= 11 is 0. The van der Waals surface area contributed by atoms with E-state index < -0.39 is 0 Å². The molecule has 0 atom stereocenters. The Bertz CT molecular complexity index is 728. The molecule has 4 nitrogen and oxygen atoms in total. The summed E-state index contributed by atoms with van der Waals surface area (Å²) in [5, 5.41) is 3.03. The minimum absolute atomic E-state index is 0.0579. The molecule has 0 radical (unpaired) electrons. The van der Waals surface area contributed by atoms with E-state index in [0.717, 1.165) is 37.1 Å². The van der Waals surface area contributed by atoms with Crippen molar-refractivity contribution in [3.63, 3.8) is 0 Å². The van der Waals surface area contributed by atoms with Gasteiger partial charge in [-0.2, -0.15) is 0 Å². The van der Waals surface area contributed by atoms with E-state index in [0.29, 0.717) is 13.1 Å². The predicted octanol–water partition coefficient (Wildman–Crippen LogP) is 3.36. The molecule has 5 heteroatoms. The van der Waals surface area contributed by atoms with Crippen molar-refractivity contribution < 1.29 is 13.9 Å². The second-order valence-electron chi connectivity index (χ2n) is 6.72. The Labute approximate surface area is 154 Å². The van der Waals surface area contributed by atoms with Gasteiger partial charge in [-0.25, -0.2) is 4.39 Å². The fourth-order valence-electron chi connectivity index (χ4n) is 3.35. The van der Waals surface area contributed by atoms with Crippen LogP contribution in [0.15, 0.2) is 48.5 Å². The zero-order valence-electron chi connectivity index (χ0n) is 15.1. The second kappa shape index (κ2) is 8.81. The van der Waals surface area contributed by atoms with Crippen LogP contribution >= 0.6 is 0 Å². The zero-order valence-corrected chi connectivity index (χ0v) is 15.1. The number of nitrogens with one attached hydrogen (secondary N) is 1. The Morgan fingerprint density at radius 1 is 1.15 bits per heavy atom. The van der Waals surface area contributed by atoms with Gasteiger partial charge < -0.3 is 10.1 Å². The van der Waals surface area contributed by atoms with E-state index in [9.17, 15) is 9.18 Å². The van der Waals surface area contributed by atoms with Crippen molar-refractivity contribution in [2.75, 3.05) is 20.2 Å². The van der Waals surface area contributed by atoms with Crippen LogP contribution in [0.4, 0.5) is 4.39 Å². The second-order valence-corrected chi connectivity index (χ2v) is 6.72. The summed E-state index contributed by atoms with van der Waals surface area (Å²) in [6, 6.07) is 15.0. The topological polar surface area (TPSA) is 41.6 Å². The number of ether oxygens (including phenoxy) is 1. The van der Waals surface area contributed by atoms with Gasteiger partial charge in [-0.05, 0) is 49.2 Å². The maximum Gasteiger partial charge on any atom is 0.223 e. The zero-order chi connectivity index (χ0) is 18.4. The van der Waals surface area contributed by atoms with Crippen LogP contribution in [0.5, 0.6) is 5.75 Å². The summed E-state index contributed by atoms with van der Waals surface area (Å²) in [5.41, 5.74) is 2.04. The smallest absolute Gasteiger partial charge is 0.223 e. The van der Waals surface area contributed by atoms with Gasteiger partial charge in [0.25, 0.3) is 0 Å². The molecule has 1 aliphatic rings. The van der Waals surface area contributed by atoms with E-state index >= 15 is 0 Å². The SMILES string of the molecule is COc1ccc(CN2CCC(C(=O)NCc3ccccc3)CC2)cc1F. The third-order valence-corrected chi connectivity index (χ3v) is 4.89. The Hall–Kier alpha value is -2.40. The monoisotopic (exact) mass is 356 g/mol. The highest BCUT2D eigenvalue weighted by molar-refractivity contribution is 5.78. The molecular formula is C21H25FN2O2. The van der Waals surface area contributed by atoms with Crippen LogP contribution in [0.3, 0.4) is 0 Å². The van der Waals surface area contributed by atoms with Crippen LogP contribution in [0.1, 0.15) is 24.0 Å². The highest BCUT2D eigenvalue weighted by Gasteiger charge is 2.24. The Morgan fingerprint density at radius 3 is 2.54 bits per heavy atom. The quantitative estimate of drug-likeness (QED) is 0.863. The number of amides is 1. The Kier molecular flexibility index (Phi) is 6.23. The Morgan fingerprint density at radius 2 is 1.88 bits per heavy atom. The first-order chi connectivity index (χ1) is 12.7. The minimum atomic E-state index is -0.333. The van der Waals surface area contributed by atoms with Gasteiger partial charge in [-0.1, -0.05) is 36.4 Å². The molecule has 1 aliphatic heterocycles. The van der Waals surface area contributed by atoms with Crippen molar-refractivity contribution in [1.29, 1.82) is 0 Å². The summed E-state index contributed by atoms with van der Waals surface area (Å²) in [4.78, 5) is 14.6. The van der Waals surface area contributed by atoms with Crippen LogP contribution < -0.4 is 10.1 Å². The van der Waals surface area contributed by atoms with Crippen LogP contribution in [-0.4, -0.2) is 31.0 Å². The predicted molar refractivity (Wildman–Crippen MR) is 99.2 cm³/mol. The van der Waals surface area contributed by atoms with Crippen LogP contribution in [0, 0.1) is 11.7 Å². The summed E-state index contributed by atoms with van der Waals surface area (Å²) in [5.74, 6) is 0.120. The molecule has 2 aromatic rings. The molecule has 3 rings (SSSR count). The number of hydrogen-bond acceptors (Lipinski definition) is 3. The first kappa shape index (κ1) is 18.4. The number of piperidine rings is 1. The van der Waals surface area contributed by atoms with Gasteiger partial charge in [0.2, 0.25) is 5.91 Å². The number of nitrogens with zero attached hydrogens (tertiary/aromatic N) is 1. The third kappa shape index (κ3) is 4.82. The molecule has 138 valence electrons. The lowest BCUT2D eigenvalue weighted by Crippen LogP contribution is -2.40. The number of halogens is 1. The molecule has 2 aromatic carbocycles. The average Bonchev–Trinajstić information content (AvgIpc) is 2.68. The first-order valence-electron chi connectivity index (χ1n) is 9.02. The van der Waals surface area contributed by atoms with Crippen LogP contribution in [-0.2, 0) is 17.9 Å². The third-order valence-electron chi connectivity index (χ3n) is 4.89. The molecule has 1 heterocycles. The first-order valence-corrected chi connectivity index (χ1v) is 9.02. The van der Waals surface area contributed by atoms with Gasteiger partial charge in [0.05, 0.1) is 7.11 Å². The summed E-state index contributed by atoms with van der Waals surface area (Å²) in [6.45, 7) is 2.96. The van der Waals surface area contributed by atoms with E-state index in [1.54, 1.807) is 6.07 Å². The van der Waals surface area contributed by atoms with Crippen molar-refractivity contribution in [3.05, 3.63) is 65.5 Å². The van der Waals surface area contributed by atoms with Gasteiger partial charge in [0, 0.05) is 19.0 Å². The van der Waals surface area contributed by atoms with Gasteiger partial charge in [-0.3, -0.25) is 9.69 Å². The normalized spacial score (nSPS) is 15.6. The van der Waals surface area contributed by atoms with E-state index in [1.807, 2.05) is 36.4 Å². The van der Waals surface area contributed by atoms with Crippen molar-refractivity contribution in [3.8, 4) is 5.75 Å². The molecule has 1 saturated heterocycles. The van der Waals surface area contributed by atoms with Crippen LogP contribution in [0.2, 0.25) is 0 Å². The van der Waals surface area contributed by atoms with Gasteiger partial charge in [-0.15, -0.1) is 0 Å². The van der Waals surface area contributed by atoms with E-state index in [2.05, 4.69) is 10.2 Å². The lowest BCUT2D eigenvalue weighted by Gasteiger charge is -2.31. The molecule has 1 amide bonds. The standard InChI is InChI=1S/C21H25FN2O2/c1-26-20-8-7-17(13-19(20)22)15-24-11-9-18(10-12-24)21(25)23-14-16-5-3-2-4-6-16/h2-8,13,18H,9-12,14-15H2,1H3,(H,23,25). The lowest BCUT2D eigenvalue weighted by atomic mass is 9.95. The van der Waals surface area contributed by atoms with Gasteiger partial charge in [0.15, 0.2) is 11.6 Å². The van der Waals surface area contributed by atoms with Crippen molar-refractivity contribution >= 4 is 5.91 Å². The highest BCUT2D eigenvalue weighted by atomic mass is 19.1. The number of rotatable bonds is 6. The number of hydrogen-bond donors (Lipinski definition) is 1. The number of carbonyl (C=O) groups excluding carboxylic acids is 1. The van der Waals surface area contributed by atoms with Crippen molar-refractivity contribution in [2.45, 2.75) is 25.9 Å². The van der Waals surface area contributed by atoms with Gasteiger partial charge >= 0.3 is 0 Å². The van der Waals surface area contributed by atoms with Crippen LogP contribution in [0.25, 0.3) is 0 Å². The van der Waals surface area contributed by atoms with E-state index in [-0.39, 0.29) is 23.4 Å². The Balaban J connectivity index is 1.45. The summed E-state index contributed by atoms with van der Waals surface area (Å²) in [6.07, 6.45) is 1.67. The molecule has 1 N–H and O–H groups in total. The molecule has 26 heavy (non-hydrogen) atoms. The maximum atomic E-state index is 13.8. The van der Waals surface area contributed by atoms with E-state index in [1.165, 1.54) is 13.2 Å². The summed E-state index contributed by atoms with van der Waals surface area (Å²) in [7, 11) is 1.46. The molecule has 1 fully saturated rings. The molecule has 0 saturated carbocycles. The molecule has 0 spiro atoms. The molecule has 0 aliphatic carbocycles. The molecule has 0 bridgehead atoms. The summed E-state index contributed by atoms with van der Waals surface area (Å²) < 4.78 is 18.8. The van der Waals surface area contributed by atoms with Crippen molar-refractivity contribution in [1.82, 2.24) is 10.2 Å². The molecular weight excluding hydrogens is 331 g/mol. The molecule has 0 unspecified atom stereocenters. The fourth-order valence-corrected chi connectivity index (χ4v) is 3.35. The lowest BCUT2D eigenvalue weighted by molar-refractivity contribution is -0.126. The molecule has 0 aromatic heterocycles. The fraction of sp³-hybridized carbons (Fsp3) is 0.381. The minimum Gasteiger partial charge on any atom is -0.494 e. The number of methoxy groups -OCH3 is 1. The van der Waals surface area contributed by atoms with Crippen molar-refractivity contribution in [2.24, 2.45) is 5.92 Å². The number of carbonyl (C=O) groups is 1. The number of likely N-dealkylation sites (tertiary alicyclic amines) is 1.